The highest BCUT2D eigenvalue weighted by molar-refractivity contribution is 5.90. The van der Waals surface area contributed by atoms with Crippen molar-refractivity contribution in [2.24, 2.45) is 0 Å². The van der Waals surface area contributed by atoms with Gasteiger partial charge in [0.05, 0.1) is 11.3 Å². The Morgan fingerprint density at radius 1 is 0.302 bits per heavy atom. The van der Waals surface area contributed by atoms with E-state index in [4.69, 9.17) is 0 Å². The molecule has 9 aromatic rings. The number of nitrogens with zero attached hydrogens (tertiary/aromatic N) is 1. The molecule has 0 radical (unpaired) electrons. The van der Waals surface area contributed by atoms with Crippen molar-refractivity contribution in [1.29, 1.82) is 0 Å². The first-order valence-electron chi connectivity index (χ1n) is 18.0. The Balaban J connectivity index is 1.10. The van der Waals surface area contributed by atoms with Gasteiger partial charge in [-0.2, -0.15) is 0 Å². The molecule has 9 rings (SSSR count). The third-order valence-electron chi connectivity index (χ3n) is 9.94. The summed E-state index contributed by atoms with van der Waals surface area (Å²) in [4.78, 5) is 2.33. The maximum Gasteiger partial charge on any atom is 0.0630 e. The average molecular weight is 674 g/mol. The standard InChI is InChI=1S/C52H35N/c1-3-12-38(13-4-1)41-22-25-44(26-23-41)51-20-9-10-21-52(51)53(49-32-28-42(29-33-49)39-14-5-2-6-15-39)50-34-30-43(31-35-50)46-18-11-19-47(36-46)48-27-24-40-16-7-8-17-45(40)37-48/h1-8,10-19,21-37H. The molecule has 0 aliphatic rings. The van der Waals surface area contributed by atoms with E-state index in [1.807, 2.05) is 6.07 Å². The lowest BCUT2D eigenvalue weighted by atomic mass is 9.97. The largest absolute Gasteiger partial charge is 0.309 e. The molecule has 0 aliphatic heterocycles. The minimum Gasteiger partial charge on any atom is -0.309 e. The van der Waals surface area contributed by atoms with Gasteiger partial charge in [-0.1, -0.05) is 176 Å². The molecule has 0 heterocycles. The van der Waals surface area contributed by atoms with Crippen LogP contribution in [0.5, 0.6) is 0 Å². The minimum atomic E-state index is 0.992. The molecule has 1 nitrogen and oxygen atoms in total. The van der Waals surface area contributed by atoms with E-state index in [9.17, 15) is 0 Å². The molecule has 0 N–H and O–H groups in total. The first-order valence-corrected chi connectivity index (χ1v) is 18.0. The highest BCUT2D eigenvalue weighted by Gasteiger charge is 2.18. The maximum atomic E-state index is 3.47. The van der Waals surface area contributed by atoms with E-state index in [1.54, 1.807) is 0 Å². The van der Waals surface area contributed by atoms with Gasteiger partial charge in [-0.05, 0) is 109 Å². The fourth-order valence-electron chi connectivity index (χ4n) is 7.16. The fourth-order valence-corrected chi connectivity index (χ4v) is 7.16. The van der Waals surface area contributed by atoms with E-state index in [-0.39, 0.29) is 0 Å². The monoisotopic (exact) mass is 673 g/mol. The van der Waals surface area contributed by atoms with Gasteiger partial charge in [0.1, 0.15) is 0 Å². The Labute approximate surface area is 311 Å². The second-order valence-electron chi connectivity index (χ2n) is 13.2. The third-order valence-corrected chi connectivity index (χ3v) is 9.94. The van der Waals surface area contributed by atoms with Crippen LogP contribution in [0.15, 0.2) is 212 Å². The number of anilines is 3. The molecule has 0 atom stereocenters. The maximum absolute atomic E-state index is 3.47. The van der Waals surface area contributed by atoms with Crippen molar-refractivity contribution >= 4 is 27.8 Å². The summed E-state index contributed by atoms with van der Waals surface area (Å²) in [5.74, 6) is 0. The van der Waals surface area contributed by atoms with Crippen LogP contribution in [0.25, 0.3) is 66.4 Å². The zero-order valence-electron chi connectivity index (χ0n) is 29.2. The minimum absolute atomic E-state index is 0.992. The topological polar surface area (TPSA) is 3.24 Å². The lowest BCUT2D eigenvalue weighted by Crippen LogP contribution is -2.11. The molecule has 1 heteroatoms. The van der Waals surface area contributed by atoms with Gasteiger partial charge in [0.25, 0.3) is 0 Å². The van der Waals surface area contributed by atoms with Crippen molar-refractivity contribution in [3.63, 3.8) is 0 Å². The normalized spacial score (nSPS) is 10.9. The van der Waals surface area contributed by atoms with Crippen LogP contribution in [0.2, 0.25) is 0 Å². The summed E-state index contributed by atoms with van der Waals surface area (Å²) in [6.45, 7) is 0. The molecule has 0 bridgehead atoms. The van der Waals surface area contributed by atoms with Gasteiger partial charge < -0.3 is 4.90 Å². The van der Waals surface area contributed by atoms with Crippen LogP contribution >= 0.6 is 0 Å². The fraction of sp³-hybridized carbons (Fsp3) is 0. The molecule has 0 fully saturated rings. The summed E-state index contributed by atoms with van der Waals surface area (Å²) >= 11 is 0. The van der Waals surface area contributed by atoms with Gasteiger partial charge in [-0.3, -0.25) is 0 Å². The van der Waals surface area contributed by atoms with Crippen LogP contribution < -0.4 is 4.90 Å². The summed E-state index contributed by atoms with van der Waals surface area (Å²) in [5.41, 5.74) is 14.8. The van der Waals surface area contributed by atoms with Crippen molar-refractivity contribution in [3.05, 3.63) is 224 Å². The highest BCUT2D eigenvalue weighted by Crippen LogP contribution is 2.41. The molecular weight excluding hydrogens is 639 g/mol. The molecule has 53 heavy (non-hydrogen) atoms. The van der Waals surface area contributed by atoms with E-state index in [0.717, 1.165) is 28.2 Å². The van der Waals surface area contributed by atoms with Crippen LogP contribution in [-0.2, 0) is 0 Å². The number of hydrogen-bond acceptors (Lipinski definition) is 1. The van der Waals surface area contributed by atoms with Crippen LogP contribution in [0, 0.1) is 12.1 Å². The number of rotatable bonds is 8. The van der Waals surface area contributed by atoms with Crippen LogP contribution in [0.4, 0.5) is 17.1 Å². The average Bonchev–Trinajstić information content (AvgIpc) is 3.25. The molecule has 0 amide bonds. The third kappa shape index (κ3) is 6.59. The predicted octanol–water partition coefficient (Wildman–Crippen LogP) is 14.2. The predicted molar refractivity (Wildman–Crippen MR) is 223 cm³/mol. The zero-order chi connectivity index (χ0) is 35.4. The number of benzene rings is 8. The second kappa shape index (κ2) is 14.2. The first-order chi connectivity index (χ1) is 26.3. The lowest BCUT2D eigenvalue weighted by molar-refractivity contribution is 1.28. The summed E-state index contributed by atoms with van der Waals surface area (Å²) in [7, 11) is 0. The number of hydrogen-bond donors (Lipinski definition) is 0. The van der Waals surface area contributed by atoms with E-state index < -0.39 is 0 Å². The summed E-state index contributed by atoms with van der Waals surface area (Å²) in [6.07, 6.45) is 0. The van der Waals surface area contributed by atoms with Gasteiger partial charge in [-0.15, -0.1) is 0 Å². The van der Waals surface area contributed by atoms with E-state index in [1.165, 1.54) is 55.3 Å². The van der Waals surface area contributed by atoms with E-state index >= 15 is 0 Å². The Kier molecular flexibility index (Phi) is 8.54. The zero-order valence-corrected chi connectivity index (χ0v) is 29.2. The second-order valence-corrected chi connectivity index (χ2v) is 13.2. The summed E-state index contributed by atoms with van der Waals surface area (Å²) < 4.78 is 0. The Hall–Kier alpha value is -7.14. The molecule has 9 aromatic carbocycles. The van der Waals surface area contributed by atoms with Crippen molar-refractivity contribution in [2.45, 2.75) is 0 Å². The van der Waals surface area contributed by atoms with Gasteiger partial charge in [0.15, 0.2) is 0 Å². The lowest BCUT2D eigenvalue weighted by Gasteiger charge is -2.27. The van der Waals surface area contributed by atoms with Gasteiger partial charge in [0, 0.05) is 11.4 Å². The molecule has 0 aromatic heterocycles. The van der Waals surface area contributed by atoms with Crippen LogP contribution in [-0.4, -0.2) is 0 Å². The first kappa shape index (κ1) is 31.8. The SMILES string of the molecule is c1ccc(N(c2ccc(-c3ccccc3)cc2)c2ccc(-c3cccc(-c4ccc5ccccc5c4)c3)cc2)c(-c2ccc(-c3ccccc3)cc2)c#1. The molecule has 0 spiro atoms. The quantitative estimate of drug-likeness (QED) is 0.155. The Bertz CT molecular complexity index is 2620. The van der Waals surface area contributed by atoms with Crippen molar-refractivity contribution in [2.75, 3.05) is 4.90 Å². The van der Waals surface area contributed by atoms with Gasteiger partial charge in [0.2, 0.25) is 0 Å². The van der Waals surface area contributed by atoms with Crippen molar-refractivity contribution < 1.29 is 0 Å². The van der Waals surface area contributed by atoms with Crippen LogP contribution in [0.1, 0.15) is 0 Å². The van der Waals surface area contributed by atoms with Crippen LogP contribution in [0.3, 0.4) is 0 Å². The van der Waals surface area contributed by atoms with Crippen molar-refractivity contribution in [1.82, 2.24) is 0 Å². The number of fused-ring (bicyclic) bond motifs is 1. The van der Waals surface area contributed by atoms with E-state index in [0.29, 0.717) is 0 Å². The molecule has 0 unspecified atom stereocenters. The molecule has 0 saturated carbocycles. The van der Waals surface area contributed by atoms with E-state index in [2.05, 4.69) is 223 Å². The highest BCUT2D eigenvalue weighted by atomic mass is 15.1. The molecular formula is C52H35N. The van der Waals surface area contributed by atoms with Gasteiger partial charge >= 0.3 is 0 Å². The van der Waals surface area contributed by atoms with Crippen molar-refractivity contribution in [3.8, 4) is 55.6 Å². The Morgan fingerprint density at radius 3 is 1.36 bits per heavy atom. The Morgan fingerprint density at radius 2 is 0.736 bits per heavy atom. The summed E-state index contributed by atoms with van der Waals surface area (Å²) in [5, 5.41) is 2.50. The summed E-state index contributed by atoms with van der Waals surface area (Å²) in [6, 6.07) is 82.4. The van der Waals surface area contributed by atoms with Gasteiger partial charge in [-0.25, -0.2) is 0 Å². The molecule has 0 aliphatic carbocycles. The molecule has 248 valence electrons. The molecule has 0 saturated heterocycles. The smallest absolute Gasteiger partial charge is 0.0630 e.